The minimum Gasteiger partial charge on any atom is -0.357 e. The zero-order chi connectivity index (χ0) is 15.2. The molecule has 21 heavy (non-hydrogen) atoms. The van der Waals surface area contributed by atoms with Gasteiger partial charge in [-0.2, -0.15) is 15.0 Å². The average Bonchev–Trinajstić information content (AvgIpc) is 2.48. The maximum atomic E-state index is 4.60. The Bertz CT molecular complexity index is 446. The van der Waals surface area contributed by atoms with Gasteiger partial charge in [-0.05, 0) is 32.6 Å². The molecule has 2 unspecified atom stereocenters. The van der Waals surface area contributed by atoms with Crippen molar-refractivity contribution in [3.8, 4) is 0 Å². The molecule has 2 rings (SSSR count). The summed E-state index contributed by atoms with van der Waals surface area (Å²) in [5, 5.41) is 6.53. The predicted octanol–water partition coefficient (Wildman–Crippen LogP) is 2.75. The summed E-state index contributed by atoms with van der Waals surface area (Å²) in [6.07, 6.45) is 5.01. The molecule has 0 saturated heterocycles. The third-order valence-electron chi connectivity index (χ3n) is 4.16. The number of hydrogen-bond donors (Lipinski definition) is 2. The van der Waals surface area contributed by atoms with Gasteiger partial charge in [-0.25, -0.2) is 0 Å². The Hall–Kier alpha value is -1.59. The van der Waals surface area contributed by atoms with Crippen molar-refractivity contribution in [2.24, 2.45) is 5.92 Å². The monoisotopic (exact) mass is 292 g/mol. The van der Waals surface area contributed by atoms with E-state index >= 15 is 0 Å². The highest BCUT2D eigenvalue weighted by Crippen LogP contribution is 2.26. The van der Waals surface area contributed by atoms with Crippen molar-refractivity contribution in [1.29, 1.82) is 0 Å². The molecule has 0 bridgehead atoms. The quantitative estimate of drug-likeness (QED) is 0.840. The van der Waals surface area contributed by atoms with Gasteiger partial charge in [0.2, 0.25) is 17.8 Å². The van der Waals surface area contributed by atoms with Gasteiger partial charge in [0.25, 0.3) is 0 Å². The zero-order valence-corrected chi connectivity index (χ0v) is 13.7. The minimum atomic E-state index is 0.477. The van der Waals surface area contributed by atoms with E-state index < -0.39 is 0 Å². The van der Waals surface area contributed by atoms with E-state index in [1.54, 1.807) is 0 Å². The lowest BCUT2D eigenvalue weighted by Gasteiger charge is -2.28. The molecule has 1 aromatic heterocycles. The summed E-state index contributed by atoms with van der Waals surface area (Å²) >= 11 is 0. The van der Waals surface area contributed by atoms with Crippen molar-refractivity contribution in [1.82, 2.24) is 15.0 Å². The minimum absolute atomic E-state index is 0.477. The predicted molar refractivity (Wildman–Crippen MR) is 88.0 cm³/mol. The molecule has 1 aliphatic rings. The van der Waals surface area contributed by atoms with Gasteiger partial charge in [-0.15, -0.1) is 0 Å². The summed E-state index contributed by atoms with van der Waals surface area (Å²) in [4.78, 5) is 15.6. The molecule has 2 N–H and O–H groups in total. The van der Waals surface area contributed by atoms with E-state index in [4.69, 9.17) is 0 Å². The fourth-order valence-electron chi connectivity index (χ4n) is 2.94. The van der Waals surface area contributed by atoms with E-state index in [0.29, 0.717) is 17.9 Å². The molecule has 0 spiro atoms. The molecule has 6 heteroatoms. The van der Waals surface area contributed by atoms with Gasteiger partial charge < -0.3 is 15.5 Å². The topological polar surface area (TPSA) is 66.0 Å². The number of rotatable bonds is 6. The van der Waals surface area contributed by atoms with Gasteiger partial charge >= 0.3 is 0 Å². The van der Waals surface area contributed by atoms with E-state index in [1.807, 2.05) is 7.05 Å². The third-order valence-corrected chi connectivity index (χ3v) is 4.16. The summed E-state index contributed by atoms with van der Waals surface area (Å²) in [5.74, 6) is 2.84. The van der Waals surface area contributed by atoms with Gasteiger partial charge in [-0.1, -0.05) is 19.8 Å². The number of nitrogens with zero attached hydrogens (tertiary/aromatic N) is 4. The van der Waals surface area contributed by atoms with Gasteiger partial charge in [0.05, 0.1) is 0 Å². The van der Waals surface area contributed by atoms with Crippen LogP contribution in [0.2, 0.25) is 0 Å². The van der Waals surface area contributed by atoms with Crippen LogP contribution in [-0.2, 0) is 0 Å². The Morgan fingerprint density at radius 1 is 1.10 bits per heavy atom. The largest absolute Gasteiger partial charge is 0.357 e. The van der Waals surface area contributed by atoms with Crippen LogP contribution >= 0.6 is 0 Å². The van der Waals surface area contributed by atoms with Crippen LogP contribution in [0.15, 0.2) is 0 Å². The summed E-state index contributed by atoms with van der Waals surface area (Å²) < 4.78 is 0. The van der Waals surface area contributed by atoms with E-state index in [9.17, 15) is 0 Å². The highest BCUT2D eigenvalue weighted by Gasteiger charge is 2.20. The standard InChI is InChI=1S/C15H28N6/c1-5-21(6-2)15-19-13(16-4)18-14(20-15)17-12-9-7-8-11(3)10-12/h11-12H,5-10H2,1-4H3,(H2,16,17,18,19,20). The van der Waals surface area contributed by atoms with Crippen molar-refractivity contribution >= 4 is 17.8 Å². The second-order valence-electron chi connectivity index (χ2n) is 5.82. The van der Waals surface area contributed by atoms with Crippen molar-refractivity contribution in [2.75, 3.05) is 35.7 Å². The van der Waals surface area contributed by atoms with Gasteiger partial charge in [-0.3, -0.25) is 0 Å². The molecule has 6 nitrogen and oxygen atoms in total. The molecule has 0 aromatic carbocycles. The third kappa shape index (κ3) is 4.19. The zero-order valence-electron chi connectivity index (χ0n) is 13.7. The molecule has 0 aliphatic heterocycles. The van der Waals surface area contributed by atoms with Crippen molar-refractivity contribution in [3.05, 3.63) is 0 Å². The van der Waals surface area contributed by atoms with Crippen molar-refractivity contribution < 1.29 is 0 Å². The van der Waals surface area contributed by atoms with Crippen LogP contribution < -0.4 is 15.5 Å². The highest BCUT2D eigenvalue weighted by molar-refractivity contribution is 5.43. The molecular weight excluding hydrogens is 264 g/mol. The van der Waals surface area contributed by atoms with Gasteiger partial charge in [0.15, 0.2) is 0 Å². The van der Waals surface area contributed by atoms with E-state index in [0.717, 1.165) is 25.0 Å². The molecule has 1 saturated carbocycles. The van der Waals surface area contributed by atoms with Crippen molar-refractivity contribution in [3.63, 3.8) is 0 Å². The van der Waals surface area contributed by atoms with Crippen molar-refractivity contribution in [2.45, 2.75) is 52.5 Å². The molecule has 0 amide bonds. The molecule has 2 atom stereocenters. The first-order chi connectivity index (χ1) is 10.2. The fraction of sp³-hybridized carbons (Fsp3) is 0.800. The summed E-state index contributed by atoms with van der Waals surface area (Å²) in [5.41, 5.74) is 0. The lowest BCUT2D eigenvalue weighted by atomic mass is 9.87. The van der Waals surface area contributed by atoms with Crippen LogP contribution in [-0.4, -0.2) is 41.1 Å². The second-order valence-corrected chi connectivity index (χ2v) is 5.82. The van der Waals surface area contributed by atoms with E-state index in [1.165, 1.54) is 25.7 Å². The van der Waals surface area contributed by atoms with Gasteiger partial charge in [0, 0.05) is 26.2 Å². The van der Waals surface area contributed by atoms with Crippen LogP contribution in [0.4, 0.5) is 17.8 Å². The summed E-state index contributed by atoms with van der Waals surface area (Å²) in [7, 11) is 1.84. The molecule has 1 fully saturated rings. The number of anilines is 3. The first kappa shape index (κ1) is 15.8. The Balaban J connectivity index is 2.16. The Morgan fingerprint density at radius 2 is 1.81 bits per heavy atom. The lowest BCUT2D eigenvalue weighted by Crippen LogP contribution is -2.29. The molecule has 118 valence electrons. The van der Waals surface area contributed by atoms with Crippen LogP contribution in [0.5, 0.6) is 0 Å². The SMILES string of the molecule is CCN(CC)c1nc(NC)nc(NC2CCCC(C)C2)n1. The average molecular weight is 292 g/mol. The normalized spacial score (nSPS) is 21.9. The van der Waals surface area contributed by atoms with Crippen LogP contribution in [0.25, 0.3) is 0 Å². The molecule has 1 aromatic rings. The van der Waals surface area contributed by atoms with Gasteiger partial charge in [0.1, 0.15) is 0 Å². The molecular formula is C15H28N6. The first-order valence-electron chi connectivity index (χ1n) is 8.11. The number of nitrogens with one attached hydrogen (secondary N) is 2. The molecule has 1 heterocycles. The fourth-order valence-corrected chi connectivity index (χ4v) is 2.94. The number of hydrogen-bond acceptors (Lipinski definition) is 6. The summed E-state index contributed by atoms with van der Waals surface area (Å²) in [6, 6.07) is 0.477. The highest BCUT2D eigenvalue weighted by atomic mass is 15.3. The Kier molecular flexibility index (Phi) is 5.59. The van der Waals surface area contributed by atoms with E-state index in [2.05, 4.69) is 51.3 Å². The first-order valence-corrected chi connectivity index (χ1v) is 8.11. The second kappa shape index (κ2) is 7.43. The van der Waals surface area contributed by atoms with Crippen LogP contribution in [0.3, 0.4) is 0 Å². The number of aromatic nitrogens is 3. The smallest absolute Gasteiger partial charge is 0.231 e. The Morgan fingerprint density at radius 3 is 2.43 bits per heavy atom. The van der Waals surface area contributed by atoms with Crippen LogP contribution in [0, 0.1) is 5.92 Å². The molecule has 1 aliphatic carbocycles. The maximum Gasteiger partial charge on any atom is 0.231 e. The molecule has 0 radical (unpaired) electrons. The van der Waals surface area contributed by atoms with E-state index in [-0.39, 0.29) is 0 Å². The maximum absolute atomic E-state index is 4.60. The Labute approximate surface area is 127 Å². The summed E-state index contributed by atoms with van der Waals surface area (Å²) in [6.45, 7) is 8.33. The lowest BCUT2D eigenvalue weighted by molar-refractivity contribution is 0.357. The van der Waals surface area contributed by atoms with Crippen LogP contribution in [0.1, 0.15) is 46.5 Å².